The second-order valence-electron chi connectivity index (χ2n) is 3.92. The Labute approximate surface area is 105 Å². The minimum absolute atomic E-state index is 0.341. The first kappa shape index (κ1) is 13.7. The van der Waals surface area contributed by atoms with Gasteiger partial charge in [-0.3, -0.25) is 0 Å². The highest BCUT2D eigenvalue weighted by molar-refractivity contribution is 9.10. The molecule has 5 heteroatoms. The largest absolute Gasteiger partial charge is 0.319 e. The molecule has 0 aromatic heterocycles. The summed E-state index contributed by atoms with van der Waals surface area (Å²) in [4.78, 5) is 0.341. The lowest BCUT2D eigenvalue weighted by Crippen LogP contribution is -2.14. The predicted molar refractivity (Wildman–Crippen MR) is 69.6 cm³/mol. The highest BCUT2D eigenvalue weighted by atomic mass is 79.9. The average molecular weight is 306 g/mol. The number of likely N-dealkylation sites (N-methyl/N-ethyl adjacent to an activating group) is 1. The van der Waals surface area contributed by atoms with Crippen molar-refractivity contribution in [3.05, 3.63) is 28.2 Å². The molecule has 0 heterocycles. The van der Waals surface area contributed by atoms with Crippen molar-refractivity contribution in [3.8, 4) is 0 Å². The van der Waals surface area contributed by atoms with Crippen molar-refractivity contribution in [1.29, 1.82) is 0 Å². The second-order valence-corrected chi connectivity index (χ2v) is 6.76. The van der Waals surface area contributed by atoms with E-state index >= 15 is 0 Å². The Kier molecular flexibility index (Phi) is 4.52. The van der Waals surface area contributed by atoms with E-state index in [1.165, 1.54) is 6.26 Å². The summed E-state index contributed by atoms with van der Waals surface area (Å²) in [5.74, 6) is 0.356. The highest BCUT2D eigenvalue weighted by Crippen LogP contribution is 2.26. The monoisotopic (exact) mass is 305 g/mol. The molecule has 16 heavy (non-hydrogen) atoms. The van der Waals surface area contributed by atoms with Crippen molar-refractivity contribution in [2.45, 2.75) is 17.7 Å². The van der Waals surface area contributed by atoms with Gasteiger partial charge >= 0.3 is 0 Å². The molecule has 90 valence electrons. The number of rotatable bonds is 4. The second kappa shape index (κ2) is 5.29. The molecule has 0 aliphatic heterocycles. The molecule has 1 aromatic carbocycles. The van der Waals surface area contributed by atoms with Crippen molar-refractivity contribution in [2.24, 2.45) is 0 Å². The smallest absolute Gasteiger partial charge is 0.176 e. The maximum absolute atomic E-state index is 11.4. The zero-order valence-corrected chi connectivity index (χ0v) is 12.0. The summed E-state index contributed by atoms with van der Waals surface area (Å²) in [5.41, 5.74) is 1.12. The van der Waals surface area contributed by atoms with Gasteiger partial charge in [-0.25, -0.2) is 8.42 Å². The normalized spacial score (nSPS) is 13.8. The van der Waals surface area contributed by atoms with Crippen LogP contribution in [0.1, 0.15) is 18.4 Å². The van der Waals surface area contributed by atoms with E-state index in [9.17, 15) is 8.42 Å². The Balaban J connectivity index is 3.09. The molecule has 1 unspecified atom stereocenters. The molecule has 1 aromatic rings. The molecule has 0 fully saturated rings. The summed E-state index contributed by atoms with van der Waals surface area (Å²) < 4.78 is 23.5. The lowest BCUT2D eigenvalue weighted by Gasteiger charge is -2.12. The third kappa shape index (κ3) is 3.30. The lowest BCUT2D eigenvalue weighted by atomic mass is 10.0. The van der Waals surface area contributed by atoms with E-state index < -0.39 is 9.84 Å². The number of sulfone groups is 1. The van der Waals surface area contributed by atoms with Crippen LogP contribution in [0, 0.1) is 0 Å². The van der Waals surface area contributed by atoms with E-state index in [-0.39, 0.29) is 0 Å². The molecule has 1 N–H and O–H groups in total. The van der Waals surface area contributed by atoms with Gasteiger partial charge in [-0.05, 0) is 46.6 Å². The van der Waals surface area contributed by atoms with E-state index in [0.717, 1.165) is 12.1 Å². The van der Waals surface area contributed by atoms with E-state index in [1.54, 1.807) is 6.07 Å². The minimum Gasteiger partial charge on any atom is -0.319 e. The molecule has 0 saturated carbocycles. The molecule has 0 aliphatic carbocycles. The molecule has 3 nitrogen and oxygen atoms in total. The molecule has 0 spiro atoms. The highest BCUT2D eigenvalue weighted by Gasteiger charge is 2.13. The van der Waals surface area contributed by atoms with Gasteiger partial charge < -0.3 is 5.32 Å². The number of hydrogen-bond donors (Lipinski definition) is 1. The number of hydrogen-bond acceptors (Lipinski definition) is 3. The van der Waals surface area contributed by atoms with Crippen LogP contribution in [0.2, 0.25) is 0 Å². The fraction of sp³-hybridized carbons (Fsp3) is 0.455. The first-order valence-corrected chi connectivity index (χ1v) is 7.68. The van der Waals surface area contributed by atoms with Gasteiger partial charge in [-0.15, -0.1) is 0 Å². The van der Waals surface area contributed by atoms with E-state index in [2.05, 4.69) is 28.2 Å². The fourth-order valence-electron chi connectivity index (χ4n) is 1.55. The molecular weight excluding hydrogens is 290 g/mol. The van der Waals surface area contributed by atoms with Gasteiger partial charge in [0.2, 0.25) is 0 Å². The van der Waals surface area contributed by atoms with Gasteiger partial charge in [0.25, 0.3) is 0 Å². The number of halogens is 1. The Morgan fingerprint density at radius 2 is 2.06 bits per heavy atom. The van der Waals surface area contributed by atoms with Gasteiger partial charge in [-0.2, -0.15) is 0 Å². The summed E-state index contributed by atoms with van der Waals surface area (Å²) in [7, 11) is -1.25. The molecule has 0 radical (unpaired) electrons. The van der Waals surface area contributed by atoms with Crippen LogP contribution in [0.3, 0.4) is 0 Å². The fourth-order valence-corrected chi connectivity index (χ4v) is 3.56. The third-order valence-electron chi connectivity index (χ3n) is 2.43. The van der Waals surface area contributed by atoms with E-state index in [1.807, 2.05) is 19.2 Å². The van der Waals surface area contributed by atoms with Crippen molar-refractivity contribution in [2.75, 3.05) is 19.8 Å². The topological polar surface area (TPSA) is 46.2 Å². The lowest BCUT2D eigenvalue weighted by molar-refractivity contribution is 0.601. The van der Waals surface area contributed by atoms with Crippen LogP contribution in [-0.2, 0) is 9.84 Å². The van der Waals surface area contributed by atoms with Crippen molar-refractivity contribution < 1.29 is 8.42 Å². The molecule has 0 aliphatic rings. The van der Waals surface area contributed by atoms with Crippen LogP contribution in [-0.4, -0.2) is 28.3 Å². The van der Waals surface area contributed by atoms with Gasteiger partial charge in [0, 0.05) is 17.3 Å². The molecule has 0 bridgehead atoms. The Hall–Kier alpha value is -0.390. The molecule has 0 amide bonds. The molecule has 1 atom stereocenters. The zero-order valence-electron chi connectivity index (χ0n) is 9.62. The standard InChI is InChI=1S/C11H16BrNO2S/c1-8(7-13-2)9-4-5-11(10(12)6-9)16(3,14)15/h4-6,8,13H,7H2,1-3H3. The summed E-state index contributed by atoms with van der Waals surface area (Å²) in [6, 6.07) is 5.39. The zero-order chi connectivity index (χ0) is 12.3. The van der Waals surface area contributed by atoms with E-state index in [4.69, 9.17) is 0 Å². The van der Waals surface area contributed by atoms with Crippen LogP contribution in [0.4, 0.5) is 0 Å². The van der Waals surface area contributed by atoms with Crippen LogP contribution < -0.4 is 5.32 Å². The first-order valence-electron chi connectivity index (χ1n) is 5.00. The predicted octanol–water partition coefficient (Wildman–Crippen LogP) is 2.18. The van der Waals surface area contributed by atoms with Gasteiger partial charge in [0.05, 0.1) is 4.90 Å². The van der Waals surface area contributed by atoms with Crippen molar-refractivity contribution in [1.82, 2.24) is 5.32 Å². The Morgan fingerprint density at radius 1 is 1.44 bits per heavy atom. The molecule has 1 rings (SSSR count). The van der Waals surface area contributed by atoms with E-state index in [0.29, 0.717) is 15.3 Å². The quantitative estimate of drug-likeness (QED) is 0.927. The number of benzene rings is 1. The molecular formula is C11H16BrNO2S. The van der Waals surface area contributed by atoms with Crippen molar-refractivity contribution >= 4 is 25.8 Å². The molecule has 0 saturated heterocycles. The maximum atomic E-state index is 11.4. The summed E-state index contributed by atoms with van der Waals surface area (Å²) in [6.07, 6.45) is 1.21. The van der Waals surface area contributed by atoms with Crippen LogP contribution in [0.5, 0.6) is 0 Å². The Bertz CT molecular complexity index is 471. The number of nitrogens with one attached hydrogen (secondary N) is 1. The van der Waals surface area contributed by atoms with Crippen LogP contribution >= 0.6 is 15.9 Å². The minimum atomic E-state index is -3.15. The summed E-state index contributed by atoms with van der Waals surface area (Å²) in [5, 5.41) is 3.10. The average Bonchev–Trinajstić information content (AvgIpc) is 2.16. The van der Waals surface area contributed by atoms with Gasteiger partial charge in [-0.1, -0.05) is 13.0 Å². The third-order valence-corrected chi connectivity index (χ3v) is 4.51. The summed E-state index contributed by atoms with van der Waals surface area (Å²) in [6.45, 7) is 2.96. The summed E-state index contributed by atoms with van der Waals surface area (Å²) >= 11 is 3.30. The van der Waals surface area contributed by atoms with Gasteiger partial charge in [0.1, 0.15) is 0 Å². The van der Waals surface area contributed by atoms with Crippen molar-refractivity contribution in [3.63, 3.8) is 0 Å². The van der Waals surface area contributed by atoms with Crippen LogP contribution in [0.25, 0.3) is 0 Å². The Morgan fingerprint density at radius 3 is 2.50 bits per heavy atom. The maximum Gasteiger partial charge on any atom is 0.176 e. The van der Waals surface area contributed by atoms with Gasteiger partial charge in [0.15, 0.2) is 9.84 Å². The SMILES string of the molecule is CNCC(C)c1ccc(S(C)(=O)=O)c(Br)c1. The first-order chi connectivity index (χ1) is 7.36. The van der Waals surface area contributed by atoms with Crippen LogP contribution in [0.15, 0.2) is 27.6 Å².